The van der Waals surface area contributed by atoms with Gasteiger partial charge in [0.2, 0.25) is 0 Å². The molecule has 27 heavy (non-hydrogen) atoms. The molecule has 2 aromatic heterocycles. The minimum Gasteiger partial charge on any atom is -0.484 e. The van der Waals surface area contributed by atoms with Gasteiger partial charge in [-0.15, -0.1) is 11.3 Å². The molecular weight excluding hydrogens is 454 g/mol. The molecule has 3 aromatic rings. The van der Waals surface area contributed by atoms with E-state index >= 15 is 0 Å². The van der Waals surface area contributed by atoms with Crippen LogP contribution in [0, 0.1) is 6.92 Å². The molecule has 7 nitrogen and oxygen atoms in total. The topological polar surface area (TPSA) is 85.5 Å². The Bertz CT molecular complexity index is 1020. The van der Waals surface area contributed by atoms with Crippen LogP contribution in [0.15, 0.2) is 48.9 Å². The van der Waals surface area contributed by atoms with Gasteiger partial charge in [-0.05, 0) is 52.7 Å². The lowest BCUT2D eigenvalue weighted by molar-refractivity contribution is 0.242. The van der Waals surface area contributed by atoms with Gasteiger partial charge in [-0.3, -0.25) is 0 Å². The standard InChI is InChI=1S/C17H18BrN3O4S2/c1-12-4-3-5-13(10-12)24-11-16-19-15(20-25-16)8-9-21(2)27(22,23)17-7-6-14(18)26-17/h3-7,10H,8-9,11H2,1-2H3. The summed E-state index contributed by atoms with van der Waals surface area (Å²) < 4.78 is 38.1. The summed E-state index contributed by atoms with van der Waals surface area (Å²) in [5.41, 5.74) is 1.10. The van der Waals surface area contributed by atoms with Crippen molar-refractivity contribution in [2.45, 2.75) is 24.2 Å². The van der Waals surface area contributed by atoms with E-state index in [0.29, 0.717) is 18.1 Å². The number of benzene rings is 1. The number of hydrogen-bond donors (Lipinski definition) is 0. The van der Waals surface area contributed by atoms with Gasteiger partial charge < -0.3 is 9.26 Å². The van der Waals surface area contributed by atoms with Crippen molar-refractivity contribution in [3.05, 3.63) is 57.5 Å². The van der Waals surface area contributed by atoms with Gasteiger partial charge in [-0.2, -0.15) is 9.29 Å². The van der Waals surface area contributed by atoms with Gasteiger partial charge in [0.25, 0.3) is 15.9 Å². The Morgan fingerprint density at radius 1 is 1.30 bits per heavy atom. The van der Waals surface area contributed by atoms with E-state index < -0.39 is 10.0 Å². The van der Waals surface area contributed by atoms with Crippen LogP contribution in [0.2, 0.25) is 0 Å². The second-order valence-corrected chi connectivity index (χ2v) is 10.6. The highest BCUT2D eigenvalue weighted by Gasteiger charge is 2.23. The van der Waals surface area contributed by atoms with Gasteiger partial charge >= 0.3 is 0 Å². The van der Waals surface area contributed by atoms with Crippen LogP contribution in [0.5, 0.6) is 5.75 Å². The third-order valence-electron chi connectivity index (χ3n) is 3.73. The summed E-state index contributed by atoms with van der Waals surface area (Å²) in [5.74, 6) is 1.51. The van der Waals surface area contributed by atoms with Crippen molar-refractivity contribution < 1.29 is 17.7 Å². The predicted octanol–water partition coefficient (Wildman–Crippen LogP) is 3.64. The summed E-state index contributed by atoms with van der Waals surface area (Å²) in [6, 6.07) is 11.0. The molecule has 144 valence electrons. The average molecular weight is 472 g/mol. The number of aromatic nitrogens is 2. The molecule has 10 heteroatoms. The Hall–Kier alpha value is -1.75. The van der Waals surface area contributed by atoms with Gasteiger partial charge in [0.05, 0.1) is 3.79 Å². The summed E-state index contributed by atoms with van der Waals surface area (Å²) in [4.78, 5) is 4.25. The smallest absolute Gasteiger partial charge is 0.264 e. The number of sulfonamides is 1. The summed E-state index contributed by atoms with van der Waals surface area (Å²) in [6.07, 6.45) is 0.343. The van der Waals surface area contributed by atoms with Crippen molar-refractivity contribution in [2.75, 3.05) is 13.6 Å². The van der Waals surface area contributed by atoms with E-state index in [2.05, 4.69) is 26.1 Å². The van der Waals surface area contributed by atoms with E-state index in [1.807, 2.05) is 31.2 Å². The zero-order chi connectivity index (χ0) is 19.4. The van der Waals surface area contributed by atoms with Crippen LogP contribution in [-0.2, 0) is 23.1 Å². The van der Waals surface area contributed by atoms with Gasteiger partial charge in [0, 0.05) is 20.0 Å². The Balaban J connectivity index is 1.54. The van der Waals surface area contributed by atoms with Crippen molar-refractivity contribution in [1.82, 2.24) is 14.4 Å². The van der Waals surface area contributed by atoms with Crippen LogP contribution < -0.4 is 4.74 Å². The second-order valence-electron chi connectivity index (χ2n) is 5.84. The van der Waals surface area contributed by atoms with E-state index in [9.17, 15) is 8.42 Å². The largest absolute Gasteiger partial charge is 0.484 e. The lowest BCUT2D eigenvalue weighted by atomic mass is 10.2. The molecule has 0 amide bonds. The molecule has 2 heterocycles. The number of nitrogens with zero attached hydrogens (tertiary/aromatic N) is 3. The average Bonchev–Trinajstić information content (AvgIpc) is 3.27. The molecule has 0 saturated carbocycles. The van der Waals surface area contributed by atoms with Gasteiger partial charge in [0.1, 0.15) is 9.96 Å². The Morgan fingerprint density at radius 2 is 2.11 bits per heavy atom. The maximum Gasteiger partial charge on any atom is 0.264 e. The van der Waals surface area contributed by atoms with Crippen molar-refractivity contribution in [1.29, 1.82) is 0 Å². The molecule has 0 radical (unpaired) electrons. The zero-order valence-electron chi connectivity index (χ0n) is 14.8. The van der Waals surface area contributed by atoms with Crippen LogP contribution in [-0.4, -0.2) is 36.5 Å². The number of aryl methyl sites for hydroxylation is 1. The third kappa shape index (κ3) is 5.16. The molecule has 0 spiro atoms. The van der Waals surface area contributed by atoms with Crippen molar-refractivity contribution in [3.8, 4) is 5.75 Å². The number of hydrogen-bond acceptors (Lipinski definition) is 7. The molecule has 0 bridgehead atoms. The lowest BCUT2D eigenvalue weighted by Gasteiger charge is -2.14. The Morgan fingerprint density at radius 3 is 2.81 bits per heavy atom. The SMILES string of the molecule is Cc1cccc(OCc2nc(CCN(C)S(=O)(=O)c3ccc(Br)s3)no2)c1. The molecular formula is C17H18BrN3O4S2. The van der Waals surface area contributed by atoms with E-state index in [-0.39, 0.29) is 17.4 Å². The fourth-order valence-corrected chi connectivity index (χ4v) is 5.66. The lowest BCUT2D eigenvalue weighted by Crippen LogP contribution is -2.28. The molecule has 1 aromatic carbocycles. The quantitative estimate of drug-likeness (QED) is 0.498. The highest BCUT2D eigenvalue weighted by Crippen LogP contribution is 2.28. The van der Waals surface area contributed by atoms with E-state index in [0.717, 1.165) is 15.1 Å². The molecule has 3 rings (SSSR count). The predicted molar refractivity (Wildman–Crippen MR) is 105 cm³/mol. The second kappa shape index (κ2) is 8.51. The van der Waals surface area contributed by atoms with Gasteiger partial charge in [-0.1, -0.05) is 17.3 Å². The monoisotopic (exact) mass is 471 g/mol. The first kappa shape index (κ1) is 20.0. The fourth-order valence-electron chi connectivity index (χ4n) is 2.27. The Kier molecular flexibility index (Phi) is 6.30. The highest BCUT2D eigenvalue weighted by molar-refractivity contribution is 9.11. The summed E-state index contributed by atoms with van der Waals surface area (Å²) in [7, 11) is -1.99. The number of likely N-dealkylation sites (N-methyl/N-ethyl adjacent to an activating group) is 1. The molecule has 0 aliphatic rings. The zero-order valence-corrected chi connectivity index (χ0v) is 18.0. The number of rotatable bonds is 8. The number of ether oxygens (including phenoxy) is 1. The van der Waals surface area contributed by atoms with E-state index in [1.54, 1.807) is 12.1 Å². The summed E-state index contributed by atoms with van der Waals surface area (Å²) >= 11 is 4.45. The molecule has 0 N–H and O–H groups in total. The molecule has 0 fully saturated rings. The maximum atomic E-state index is 12.5. The normalized spacial score (nSPS) is 11.9. The first-order chi connectivity index (χ1) is 12.8. The molecule has 0 aliphatic heterocycles. The molecule has 0 saturated heterocycles. The van der Waals surface area contributed by atoms with E-state index in [1.165, 1.54) is 22.7 Å². The third-order valence-corrected chi connectivity index (χ3v) is 7.67. The first-order valence-electron chi connectivity index (χ1n) is 8.07. The fraction of sp³-hybridized carbons (Fsp3) is 0.294. The van der Waals surface area contributed by atoms with Crippen molar-refractivity contribution >= 4 is 37.3 Å². The van der Waals surface area contributed by atoms with Crippen LogP contribution in [0.3, 0.4) is 0 Å². The van der Waals surface area contributed by atoms with Crippen LogP contribution >= 0.6 is 27.3 Å². The van der Waals surface area contributed by atoms with Crippen LogP contribution in [0.4, 0.5) is 0 Å². The summed E-state index contributed by atoms with van der Waals surface area (Å²) in [5, 5.41) is 3.88. The maximum absolute atomic E-state index is 12.5. The van der Waals surface area contributed by atoms with Gasteiger partial charge in [0.15, 0.2) is 12.4 Å². The van der Waals surface area contributed by atoms with Gasteiger partial charge in [-0.25, -0.2) is 8.42 Å². The first-order valence-corrected chi connectivity index (χ1v) is 11.1. The molecule has 0 atom stereocenters. The minimum atomic E-state index is -3.52. The number of thiophene rings is 1. The van der Waals surface area contributed by atoms with Crippen molar-refractivity contribution in [3.63, 3.8) is 0 Å². The van der Waals surface area contributed by atoms with Crippen molar-refractivity contribution in [2.24, 2.45) is 0 Å². The number of halogens is 1. The minimum absolute atomic E-state index is 0.161. The molecule has 0 aliphatic carbocycles. The van der Waals surface area contributed by atoms with Crippen LogP contribution in [0.1, 0.15) is 17.3 Å². The Labute approximate surface area is 170 Å². The van der Waals surface area contributed by atoms with E-state index in [4.69, 9.17) is 9.26 Å². The summed E-state index contributed by atoms with van der Waals surface area (Å²) in [6.45, 7) is 2.39. The highest BCUT2D eigenvalue weighted by atomic mass is 79.9. The van der Waals surface area contributed by atoms with Crippen LogP contribution in [0.25, 0.3) is 0 Å². The molecule has 0 unspecified atom stereocenters.